The van der Waals surface area contributed by atoms with Gasteiger partial charge in [0.25, 0.3) is 0 Å². The molecule has 25 heavy (non-hydrogen) atoms. The molecule has 0 aliphatic carbocycles. The number of carbonyl (C=O) groups excluding carboxylic acids is 2. The Morgan fingerprint density at radius 2 is 1.72 bits per heavy atom. The van der Waals surface area contributed by atoms with Crippen molar-refractivity contribution in [3.8, 4) is 11.5 Å². The molecule has 0 radical (unpaired) electrons. The lowest BCUT2D eigenvalue weighted by Gasteiger charge is -2.27. The van der Waals surface area contributed by atoms with Crippen molar-refractivity contribution in [1.82, 2.24) is 0 Å². The predicted octanol–water partition coefficient (Wildman–Crippen LogP) is 3.20. The number of ether oxygens (including phenoxy) is 3. The highest BCUT2D eigenvalue weighted by atomic mass is 16.6. The minimum Gasteiger partial charge on any atom is -0.496 e. The van der Waals surface area contributed by atoms with E-state index in [1.54, 1.807) is 32.0 Å². The van der Waals surface area contributed by atoms with Gasteiger partial charge in [0.2, 0.25) is 5.78 Å². The number of nitrogens with one attached hydrogen (secondary N) is 1. The SMILES string of the molecule is COc1cccc(OC)c1C(=O)C(=N)C[C@@H](C)CC(C)(C)OC(N)=O. The first kappa shape index (κ1) is 20.5. The molecule has 3 N–H and O–H groups in total. The number of ketones is 1. The lowest BCUT2D eigenvalue weighted by atomic mass is 9.89. The average Bonchev–Trinajstić information content (AvgIpc) is 2.50. The Bertz CT molecular complexity index is 633. The van der Waals surface area contributed by atoms with Crippen LogP contribution in [0, 0.1) is 11.3 Å². The van der Waals surface area contributed by atoms with Crippen LogP contribution in [0.2, 0.25) is 0 Å². The minimum atomic E-state index is -0.845. The molecule has 0 saturated heterocycles. The molecule has 7 nitrogen and oxygen atoms in total. The monoisotopic (exact) mass is 350 g/mol. The van der Waals surface area contributed by atoms with Gasteiger partial charge in [-0.05, 0) is 44.7 Å². The second-order valence-corrected chi connectivity index (χ2v) is 6.54. The van der Waals surface area contributed by atoms with Crippen LogP contribution in [-0.2, 0) is 4.74 Å². The Hall–Kier alpha value is -2.57. The van der Waals surface area contributed by atoms with Crippen LogP contribution in [0.3, 0.4) is 0 Å². The number of benzene rings is 1. The van der Waals surface area contributed by atoms with Crippen LogP contribution < -0.4 is 15.2 Å². The van der Waals surface area contributed by atoms with Crippen molar-refractivity contribution in [2.45, 2.75) is 39.2 Å². The largest absolute Gasteiger partial charge is 0.496 e. The minimum absolute atomic E-state index is 0.0634. The maximum Gasteiger partial charge on any atom is 0.405 e. The van der Waals surface area contributed by atoms with Crippen LogP contribution in [0.25, 0.3) is 0 Å². The van der Waals surface area contributed by atoms with E-state index in [2.05, 4.69) is 0 Å². The Morgan fingerprint density at radius 3 is 2.16 bits per heavy atom. The zero-order valence-corrected chi connectivity index (χ0v) is 15.3. The summed E-state index contributed by atoms with van der Waals surface area (Å²) in [7, 11) is 2.92. The van der Waals surface area contributed by atoms with Crippen LogP contribution in [-0.4, -0.2) is 37.4 Å². The number of hydrogen-bond donors (Lipinski definition) is 2. The van der Waals surface area contributed by atoms with E-state index in [1.165, 1.54) is 14.2 Å². The lowest BCUT2D eigenvalue weighted by Crippen LogP contribution is -2.33. The summed E-state index contributed by atoms with van der Waals surface area (Å²) in [6, 6.07) is 5.01. The molecule has 0 heterocycles. The van der Waals surface area contributed by atoms with Gasteiger partial charge < -0.3 is 25.4 Å². The first-order valence-electron chi connectivity index (χ1n) is 7.92. The second-order valence-electron chi connectivity index (χ2n) is 6.54. The highest BCUT2D eigenvalue weighted by Crippen LogP contribution is 2.30. The number of hydrogen-bond acceptors (Lipinski definition) is 6. The number of primary amides is 1. The highest BCUT2D eigenvalue weighted by molar-refractivity contribution is 6.46. The molecule has 1 aromatic rings. The van der Waals surface area contributed by atoms with Gasteiger partial charge in [0, 0.05) is 0 Å². The summed E-state index contributed by atoms with van der Waals surface area (Å²) in [6.45, 7) is 5.36. The number of amides is 1. The molecule has 0 aliphatic heterocycles. The summed E-state index contributed by atoms with van der Waals surface area (Å²) in [5, 5.41) is 8.16. The third-order valence-corrected chi connectivity index (χ3v) is 3.70. The predicted molar refractivity (Wildman–Crippen MR) is 94.7 cm³/mol. The van der Waals surface area contributed by atoms with Crippen LogP contribution in [0.1, 0.15) is 44.0 Å². The van der Waals surface area contributed by atoms with Gasteiger partial charge in [0.1, 0.15) is 22.7 Å². The standard InChI is InChI=1S/C18H26N2O5/c1-11(10-18(2,3)25-17(20)22)9-12(19)16(21)15-13(23-4)7-6-8-14(15)24-5/h6-8,11,19H,9-10H2,1-5H3,(H2,20,22)/t11-/m1/s1. The molecule has 1 rings (SSSR count). The van der Waals surface area contributed by atoms with E-state index in [4.69, 9.17) is 25.4 Å². The summed E-state index contributed by atoms with van der Waals surface area (Å²) in [5.74, 6) is 0.208. The van der Waals surface area contributed by atoms with Gasteiger partial charge in [0.15, 0.2) is 0 Å². The normalized spacial score (nSPS) is 12.2. The van der Waals surface area contributed by atoms with E-state index in [9.17, 15) is 9.59 Å². The molecule has 1 aromatic carbocycles. The summed E-state index contributed by atoms with van der Waals surface area (Å²) < 4.78 is 15.5. The first-order valence-corrected chi connectivity index (χ1v) is 7.92. The molecule has 0 unspecified atom stereocenters. The van der Waals surface area contributed by atoms with E-state index in [0.29, 0.717) is 17.9 Å². The molecule has 0 aromatic heterocycles. The molecule has 0 spiro atoms. The molecule has 0 fully saturated rings. The number of nitrogens with two attached hydrogens (primary N) is 1. The third kappa shape index (κ3) is 5.77. The van der Waals surface area contributed by atoms with Crippen molar-refractivity contribution in [2.75, 3.05) is 14.2 Å². The fraction of sp³-hybridized carbons (Fsp3) is 0.500. The van der Waals surface area contributed by atoms with E-state index in [1.807, 2.05) is 6.92 Å². The van der Waals surface area contributed by atoms with Gasteiger partial charge in [-0.1, -0.05) is 13.0 Å². The molecular formula is C18H26N2O5. The third-order valence-electron chi connectivity index (χ3n) is 3.70. The Labute approximate surface area is 147 Å². The summed E-state index contributed by atoms with van der Waals surface area (Å²) in [6.07, 6.45) is -0.151. The van der Waals surface area contributed by atoms with E-state index >= 15 is 0 Å². The van der Waals surface area contributed by atoms with Crippen molar-refractivity contribution < 1.29 is 23.8 Å². The topological polar surface area (TPSA) is 112 Å². The van der Waals surface area contributed by atoms with Crippen molar-refractivity contribution in [1.29, 1.82) is 5.41 Å². The maximum atomic E-state index is 12.7. The van der Waals surface area contributed by atoms with Crippen molar-refractivity contribution >= 4 is 17.6 Å². The van der Waals surface area contributed by atoms with Gasteiger partial charge in [0.05, 0.1) is 19.9 Å². The fourth-order valence-corrected chi connectivity index (χ4v) is 2.89. The van der Waals surface area contributed by atoms with Crippen LogP contribution >= 0.6 is 0 Å². The molecule has 1 atom stereocenters. The number of rotatable bonds is 9. The van der Waals surface area contributed by atoms with Crippen LogP contribution in [0.4, 0.5) is 4.79 Å². The zero-order chi connectivity index (χ0) is 19.2. The molecule has 7 heteroatoms. The number of methoxy groups -OCH3 is 2. The quantitative estimate of drug-likeness (QED) is 0.525. The van der Waals surface area contributed by atoms with Gasteiger partial charge in [-0.15, -0.1) is 0 Å². The number of carbonyl (C=O) groups is 2. The Morgan fingerprint density at radius 1 is 1.20 bits per heavy atom. The van der Waals surface area contributed by atoms with E-state index in [0.717, 1.165) is 0 Å². The molecule has 0 saturated carbocycles. The van der Waals surface area contributed by atoms with Crippen molar-refractivity contribution in [3.63, 3.8) is 0 Å². The number of Topliss-reactive ketones (excluding diaryl/α,β-unsaturated/α-hetero) is 1. The smallest absolute Gasteiger partial charge is 0.405 e. The zero-order valence-electron chi connectivity index (χ0n) is 15.3. The van der Waals surface area contributed by atoms with Crippen molar-refractivity contribution in [3.05, 3.63) is 23.8 Å². The molecular weight excluding hydrogens is 324 g/mol. The second kappa shape index (κ2) is 8.50. The first-order chi connectivity index (χ1) is 11.6. The van der Waals surface area contributed by atoms with Gasteiger partial charge in [-0.3, -0.25) is 4.79 Å². The molecule has 0 bridgehead atoms. The Kier molecular flexibility index (Phi) is 6.97. The van der Waals surface area contributed by atoms with Gasteiger partial charge >= 0.3 is 6.09 Å². The highest BCUT2D eigenvalue weighted by Gasteiger charge is 2.28. The fourth-order valence-electron chi connectivity index (χ4n) is 2.89. The Balaban J connectivity index is 2.88. The lowest BCUT2D eigenvalue weighted by molar-refractivity contribution is 0.0289. The van der Waals surface area contributed by atoms with Crippen LogP contribution in [0.5, 0.6) is 11.5 Å². The average molecular weight is 350 g/mol. The summed E-state index contributed by atoms with van der Waals surface area (Å²) in [4.78, 5) is 23.6. The van der Waals surface area contributed by atoms with E-state index < -0.39 is 17.5 Å². The molecule has 0 aliphatic rings. The van der Waals surface area contributed by atoms with E-state index in [-0.39, 0.29) is 23.6 Å². The van der Waals surface area contributed by atoms with Gasteiger partial charge in [-0.25, -0.2) is 4.79 Å². The van der Waals surface area contributed by atoms with Gasteiger partial charge in [-0.2, -0.15) is 0 Å². The summed E-state index contributed by atoms with van der Waals surface area (Å²) >= 11 is 0. The summed E-state index contributed by atoms with van der Waals surface area (Å²) in [5.41, 5.74) is 4.46. The maximum absolute atomic E-state index is 12.7. The van der Waals surface area contributed by atoms with Crippen LogP contribution in [0.15, 0.2) is 18.2 Å². The molecule has 138 valence electrons. The molecule has 1 amide bonds. The van der Waals surface area contributed by atoms with Crippen molar-refractivity contribution in [2.24, 2.45) is 11.7 Å².